The lowest BCUT2D eigenvalue weighted by Crippen LogP contribution is -2.29. The molecule has 2 N–H and O–H groups in total. The van der Waals surface area contributed by atoms with E-state index in [1.807, 2.05) is 54.6 Å². The van der Waals surface area contributed by atoms with Crippen molar-refractivity contribution in [2.24, 2.45) is 0 Å². The second-order valence-corrected chi connectivity index (χ2v) is 6.95. The first kappa shape index (κ1) is 20.4. The third-order valence-electron chi connectivity index (χ3n) is 4.86. The summed E-state index contributed by atoms with van der Waals surface area (Å²) in [5.74, 6) is -0.0125. The highest BCUT2D eigenvalue weighted by atomic mass is 16.2. The van der Waals surface area contributed by atoms with Gasteiger partial charge in [0.1, 0.15) is 0 Å². The van der Waals surface area contributed by atoms with Crippen LogP contribution in [0.3, 0.4) is 0 Å². The summed E-state index contributed by atoms with van der Waals surface area (Å²) in [5.41, 5.74) is 1.92. The van der Waals surface area contributed by atoms with E-state index >= 15 is 0 Å². The maximum atomic E-state index is 12.2. The van der Waals surface area contributed by atoms with Crippen LogP contribution >= 0.6 is 0 Å². The number of hydrogen-bond donors (Lipinski definition) is 2. The molecule has 0 aliphatic heterocycles. The molecule has 0 radical (unpaired) electrons. The number of nitrogens with one attached hydrogen (secondary N) is 2. The van der Waals surface area contributed by atoms with E-state index < -0.39 is 0 Å². The van der Waals surface area contributed by atoms with E-state index in [1.165, 1.54) is 10.8 Å². The molecule has 0 spiro atoms. The molecule has 0 bridgehead atoms. The van der Waals surface area contributed by atoms with Crippen molar-refractivity contribution in [1.82, 2.24) is 5.32 Å². The van der Waals surface area contributed by atoms with Crippen molar-refractivity contribution in [3.63, 3.8) is 0 Å². The van der Waals surface area contributed by atoms with Crippen LogP contribution in [0.4, 0.5) is 11.4 Å². The van der Waals surface area contributed by atoms with Gasteiger partial charge >= 0.3 is 0 Å². The van der Waals surface area contributed by atoms with Crippen LogP contribution in [-0.4, -0.2) is 32.0 Å². The summed E-state index contributed by atoms with van der Waals surface area (Å²) in [6.45, 7) is 1.19. The summed E-state index contributed by atoms with van der Waals surface area (Å²) < 4.78 is 0. The van der Waals surface area contributed by atoms with E-state index in [1.54, 1.807) is 11.9 Å². The van der Waals surface area contributed by atoms with E-state index in [0.717, 1.165) is 11.4 Å². The highest BCUT2D eigenvalue weighted by molar-refractivity contribution is 5.94. The molecule has 0 aromatic heterocycles. The Morgan fingerprint density at radius 2 is 1.55 bits per heavy atom. The smallest absolute Gasteiger partial charge is 0.226 e. The Bertz CT molecular complexity index is 951. The first-order chi connectivity index (χ1) is 14.1. The lowest BCUT2D eigenvalue weighted by molar-refractivity contribution is -0.121. The zero-order chi connectivity index (χ0) is 20.5. The van der Waals surface area contributed by atoms with Crippen molar-refractivity contribution in [2.45, 2.75) is 19.3 Å². The second-order valence-electron chi connectivity index (χ2n) is 6.95. The van der Waals surface area contributed by atoms with Gasteiger partial charge in [-0.2, -0.15) is 0 Å². The van der Waals surface area contributed by atoms with Crippen LogP contribution < -0.4 is 15.5 Å². The molecular weight excluding hydrogens is 362 g/mol. The summed E-state index contributed by atoms with van der Waals surface area (Å²) >= 11 is 0. The number of carbonyl (C=O) groups excluding carboxylic acids is 2. The Labute approximate surface area is 171 Å². The summed E-state index contributed by atoms with van der Waals surface area (Å²) in [6.07, 6.45) is 1.24. The van der Waals surface area contributed by atoms with Crippen molar-refractivity contribution >= 4 is 34.0 Å². The molecule has 5 heteroatoms. The number of rotatable bonds is 9. The third-order valence-corrected chi connectivity index (χ3v) is 4.86. The molecule has 3 aromatic carbocycles. The Morgan fingerprint density at radius 1 is 0.828 bits per heavy atom. The minimum Gasteiger partial charge on any atom is -0.383 e. The van der Waals surface area contributed by atoms with Gasteiger partial charge in [0.05, 0.1) is 0 Å². The lowest BCUT2D eigenvalue weighted by Gasteiger charge is -2.17. The van der Waals surface area contributed by atoms with Crippen LogP contribution in [0, 0.1) is 0 Å². The number of benzene rings is 3. The van der Waals surface area contributed by atoms with Crippen molar-refractivity contribution in [3.05, 3.63) is 72.8 Å². The molecule has 29 heavy (non-hydrogen) atoms. The Hall–Kier alpha value is -3.34. The maximum Gasteiger partial charge on any atom is 0.226 e. The highest BCUT2D eigenvalue weighted by Gasteiger charge is 2.11. The van der Waals surface area contributed by atoms with Crippen LogP contribution in [0.5, 0.6) is 0 Å². The van der Waals surface area contributed by atoms with E-state index in [-0.39, 0.29) is 11.8 Å². The monoisotopic (exact) mass is 389 g/mol. The molecule has 0 heterocycles. The molecule has 3 aromatic rings. The van der Waals surface area contributed by atoms with Crippen molar-refractivity contribution < 1.29 is 9.59 Å². The molecule has 0 unspecified atom stereocenters. The van der Waals surface area contributed by atoms with Crippen LogP contribution in [0.25, 0.3) is 10.8 Å². The third kappa shape index (κ3) is 5.82. The Morgan fingerprint density at radius 3 is 2.38 bits per heavy atom. The quantitative estimate of drug-likeness (QED) is 0.539. The fourth-order valence-corrected chi connectivity index (χ4v) is 3.23. The SMILES string of the molecule is CN(C(=O)CCCC(=O)NCCNc1cccc2ccccc12)c1ccccc1. The van der Waals surface area contributed by atoms with Gasteiger partial charge in [-0.1, -0.05) is 54.6 Å². The molecular formula is C24H27N3O2. The van der Waals surface area contributed by atoms with Gasteiger partial charge in [-0.25, -0.2) is 0 Å². The average molecular weight is 389 g/mol. The van der Waals surface area contributed by atoms with Gasteiger partial charge < -0.3 is 15.5 Å². The van der Waals surface area contributed by atoms with E-state index in [9.17, 15) is 9.59 Å². The molecule has 150 valence electrons. The zero-order valence-corrected chi connectivity index (χ0v) is 16.7. The fraction of sp³-hybridized carbons (Fsp3) is 0.250. The minimum absolute atomic E-state index is 0.0154. The molecule has 0 aliphatic carbocycles. The number of anilines is 2. The van der Waals surface area contributed by atoms with E-state index in [2.05, 4.69) is 28.8 Å². The molecule has 0 saturated heterocycles. The lowest BCUT2D eigenvalue weighted by atomic mass is 10.1. The molecule has 0 saturated carbocycles. The number of nitrogens with zero attached hydrogens (tertiary/aromatic N) is 1. The highest BCUT2D eigenvalue weighted by Crippen LogP contribution is 2.22. The number of carbonyl (C=O) groups is 2. The number of fused-ring (bicyclic) bond motifs is 1. The molecule has 2 amide bonds. The van der Waals surface area contributed by atoms with Gasteiger partial charge in [-0.3, -0.25) is 9.59 Å². The molecule has 5 nitrogen and oxygen atoms in total. The number of amides is 2. The molecule has 0 aliphatic rings. The van der Waals surface area contributed by atoms with Gasteiger partial charge in [0.25, 0.3) is 0 Å². The van der Waals surface area contributed by atoms with E-state index in [4.69, 9.17) is 0 Å². The van der Waals surface area contributed by atoms with E-state index in [0.29, 0.717) is 32.4 Å². The summed E-state index contributed by atoms with van der Waals surface area (Å²) in [6, 6.07) is 23.9. The molecule has 3 rings (SSSR count). The Kier molecular flexibility index (Phi) is 7.22. The van der Waals surface area contributed by atoms with Crippen molar-refractivity contribution in [2.75, 3.05) is 30.4 Å². The normalized spacial score (nSPS) is 10.5. The van der Waals surface area contributed by atoms with Crippen LogP contribution in [0.15, 0.2) is 72.8 Å². The van der Waals surface area contributed by atoms with Crippen LogP contribution in [0.2, 0.25) is 0 Å². The molecule has 0 atom stereocenters. The Balaban J connectivity index is 1.34. The zero-order valence-electron chi connectivity index (χ0n) is 16.7. The average Bonchev–Trinajstić information content (AvgIpc) is 2.76. The van der Waals surface area contributed by atoms with Crippen LogP contribution in [-0.2, 0) is 9.59 Å². The fourth-order valence-electron chi connectivity index (χ4n) is 3.23. The van der Waals surface area contributed by atoms with Gasteiger partial charge in [-0.15, -0.1) is 0 Å². The van der Waals surface area contributed by atoms with Crippen molar-refractivity contribution in [3.8, 4) is 0 Å². The standard InChI is InChI=1S/C24H27N3O2/c1-27(20-11-3-2-4-12-20)24(29)16-8-15-23(28)26-18-17-25-22-14-7-10-19-9-5-6-13-21(19)22/h2-7,9-14,25H,8,15-18H2,1H3,(H,26,28). The molecule has 0 fully saturated rings. The predicted molar refractivity (Wildman–Crippen MR) is 119 cm³/mol. The van der Waals surface area contributed by atoms with Crippen molar-refractivity contribution in [1.29, 1.82) is 0 Å². The van der Waals surface area contributed by atoms with Gasteiger partial charge in [-0.05, 0) is 30.0 Å². The topological polar surface area (TPSA) is 61.4 Å². The summed E-state index contributed by atoms with van der Waals surface area (Å²) in [7, 11) is 1.76. The first-order valence-electron chi connectivity index (χ1n) is 9.95. The minimum atomic E-state index is -0.0279. The van der Waals surface area contributed by atoms with Gasteiger partial charge in [0, 0.05) is 49.7 Å². The maximum absolute atomic E-state index is 12.2. The van der Waals surface area contributed by atoms with Gasteiger partial charge in [0.2, 0.25) is 11.8 Å². The largest absolute Gasteiger partial charge is 0.383 e. The summed E-state index contributed by atoms with van der Waals surface area (Å²) in [5, 5.41) is 8.64. The predicted octanol–water partition coefficient (Wildman–Crippen LogP) is 4.20. The first-order valence-corrected chi connectivity index (χ1v) is 9.95. The number of hydrogen-bond acceptors (Lipinski definition) is 3. The summed E-state index contributed by atoms with van der Waals surface area (Å²) in [4.78, 5) is 25.9. The van der Waals surface area contributed by atoms with Gasteiger partial charge in [0.15, 0.2) is 0 Å². The number of para-hydroxylation sites is 1. The van der Waals surface area contributed by atoms with Crippen LogP contribution in [0.1, 0.15) is 19.3 Å². The second kappa shape index (κ2) is 10.3.